The molecule has 0 saturated carbocycles. The molecule has 0 spiro atoms. The van der Waals surface area contributed by atoms with E-state index in [0.29, 0.717) is 34.3 Å². The Morgan fingerprint density at radius 3 is 2.36 bits per heavy atom. The van der Waals surface area contributed by atoms with Crippen LogP contribution in [0.1, 0.15) is 5.56 Å². The number of anilines is 3. The van der Waals surface area contributed by atoms with Gasteiger partial charge in [-0.05, 0) is 6.07 Å². The highest BCUT2D eigenvalue weighted by molar-refractivity contribution is 5.65. The molecule has 2 aromatic carbocycles. The van der Waals surface area contributed by atoms with Crippen molar-refractivity contribution in [2.75, 3.05) is 32.0 Å². The van der Waals surface area contributed by atoms with Crippen LogP contribution in [0.3, 0.4) is 0 Å². The van der Waals surface area contributed by atoms with Crippen LogP contribution < -0.4 is 24.8 Å². The molecule has 1 heterocycles. The van der Waals surface area contributed by atoms with Gasteiger partial charge >= 0.3 is 0 Å². The van der Waals surface area contributed by atoms with Gasteiger partial charge in [-0.15, -0.1) is 5.10 Å². The topological polar surface area (TPSA) is 90.4 Å². The number of hydrogen-bond donors (Lipinski definition) is 2. The van der Waals surface area contributed by atoms with Gasteiger partial charge in [-0.1, -0.05) is 18.2 Å². The third-order valence-corrected chi connectivity index (χ3v) is 3.90. The van der Waals surface area contributed by atoms with Crippen LogP contribution in [0.25, 0.3) is 0 Å². The fourth-order valence-corrected chi connectivity index (χ4v) is 2.55. The van der Waals surface area contributed by atoms with Crippen LogP contribution in [-0.4, -0.2) is 36.5 Å². The third-order valence-electron chi connectivity index (χ3n) is 3.90. The van der Waals surface area contributed by atoms with Gasteiger partial charge in [-0.25, -0.2) is 4.39 Å². The number of ether oxygens (including phenoxy) is 3. The van der Waals surface area contributed by atoms with Crippen molar-refractivity contribution in [3.05, 3.63) is 54.0 Å². The van der Waals surface area contributed by atoms with E-state index in [1.165, 1.54) is 33.6 Å². The van der Waals surface area contributed by atoms with Crippen LogP contribution in [0.5, 0.6) is 17.2 Å². The lowest BCUT2D eigenvalue weighted by Crippen LogP contribution is -2.07. The van der Waals surface area contributed by atoms with E-state index in [1.807, 2.05) is 0 Å². The van der Waals surface area contributed by atoms with Gasteiger partial charge in [-0.2, -0.15) is 10.1 Å². The van der Waals surface area contributed by atoms with E-state index in [2.05, 4.69) is 25.8 Å². The zero-order valence-corrected chi connectivity index (χ0v) is 15.7. The standard InChI is InChI=1S/C19H20FN5O3/c1-26-15-8-13(9-16(27-2)18(15)28-3)23-19-24-17(11-22-25-19)21-10-12-6-4-5-7-14(12)20/h4-9,11H,10H2,1-3H3,(H2,21,23,24,25). The summed E-state index contributed by atoms with van der Waals surface area (Å²) in [4.78, 5) is 4.34. The third kappa shape index (κ3) is 4.37. The molecule has 0 aliphatic rings. The summed E-state index contributed by atoms with van der Waals surface area (Å²) in [5.41, 5.74) is 1.16. The number of hydrogen-bond acceptors (Lipinski definition) is 8. The number of nitrogens with one attached hydrogen (secondary N) is 2. The summed E-state index contributed by atoms with van der Waals surface area (Å²) >= 11 is 0. The minimum atomic E-state index is -0.284. The molecule has 0 aliphatic heterocycles. The average Bonchev–Trinajstić information content (AvgIpc) is 2.72. The molecule has 0 amide bonds. The number of aromatic nitrogens is 3. The molecule has 0 atom stereocenters. The van der Waals surface area contributed by atoms with Crippen molar-refractivity contribution in [2.45, 2.75) is 6.54 Å². The predicted molar refractivity (Wildman–Crippen MR) is 103 cm³/mol. The van der Waals surface area contributed by atoms with E-state index in [1.54, 1.807) is 30.3 Å². The van der Waals surface area contributed by atoms with E-state index < -0.39 is 0 Å². The Morgan fingerprint density at radius 2 is 1.71 bits per heavy atom. The molecule has 8 nitrogen and oxygen atoms in total. The average molecular weight is 385 g/mol. The van der Waals surface area contributed by atoms with Crippen molar-refractivity contribution < 1.29 is 18.6 Å². The summed E-state index contributed by atoms with van der Waals surface area (Å²) in [6.45, 7) is 0.273. The molecule has 0 bridgehead atoms. The molecule has 146 valence electrons. The Bertz CT molecular complexity index is 929. The van der Waals surface area contributed by atoms with Gasteiger partial charge in [0.05, 0.1) is 27.5 Å². The number of rotatable bonds is 8. The molecule has 0 fully saturated rings. The van der Waals surface area contributed by atoms with Crippen molar-refractivity contribution in [1.29, 1.82) is 0 Å². The largest absolute Gasteiger partial charge is 0.493 e. The summed E-state index contributed by atoms with van der Waals surface area (Å²) < 4.78 is 29.7. The van der Waals surface area contributed by atoms with Gasteiger partial charge in [0.25, 0.3) is 0 Å². The SMILES string of the molecule is COc1cc(Nc2nncc(NCc3ccccc3F)n2)cc(OC)c1OC. The molecule has 3 rings (SSSR count). The van der Waals surface area contributed by atoms with Crippen molar-refractivity contribution in [2.24, 2.45) is 0 Å². The van der Waals surface area contributed by atoms with Gasteiger partial charge in [0, 0.05) is 29.9 Å². The summed E-state index contributed by atoms with van der Waals surface area (Å²) in [7, 11) is 4.60. The predicted octanol–water partition coefficient (Wildman–Crippen LogP) is 3.39. The van der Waals surface area contributed by atoms with E-state index in [4.69, 9.17) is 14.2 Å². The quantitative estimate of drug-likeness (QED) is 0.610. The fourth-order valence-electron chi connectivity index (χ4n) is 2.55. The molecule has 3 aromatic rings. The van der Waals surface area contributed by atoms with Crippen LogP contribution in [0, 0.1) is 5.82 Å². The van der Waals surface area contributed by atoms with E-state index in [9.17, 15) is 4.39 Å². The normalized spacial score (nSPS) is 10.3. The molecule has 0 saturated heterocycles. The molecular formula is C19H20FN5O3. The molecule has 9 heteroatoms. The van der Waals surface area contributed by atoms with Crippen molar-refractivity contribution in [3.63, 3.8) is 0 Å². The van der Waals surface area contributed by atoms with Crippen LogP contribution in [-0.2, 0) is 6.54 Å². The Balaban J connectivity index is 1.77. The first-order valence-electron chi connectivity index (χ1n) is 8.38. The first-order chi connectivity index (χ1) is 13.6. The number of nitrogens with zero attached hydrogens (tertiary/aromatic N) is 3. The van der Waals surface area contributed by atoms with Crippen molar-refractivity contribution >= 4 is 17.5 Å². The maximum absolute atomic E-state index is 13.7. The van der Waals surface area contributed by atoms with Crippen LogP contribution in [0.15, 0.2) is 42.6 Å². The first-order valence-corrected chi connectivity index (χ1v) is 8.38. The van der Waals surface area contributed by atoms with E-state index in [0.717, 1.165) is 0 Å². The molecule has 0 unspecified atom stereocenters. The molecule has 1 aromatic heterocycles. The van der Waals surface area contributed by atoms with Crippen molar-refractivity contribution in [1.82, 2.24) is 15.2 Å². The summed E-state index contributed by atoms with van der Waals surface area (Å²) in [5.74, 6) is 1.89. The van der Waals surface area contributed by atoms with Crippen LogP contribution in [0.2, 0.25) is 0 Å². The summed E-state index contributed by atoms with van der Waals surface area (Å²) in [5, 5.41) is 13.9. The molecular weight excluding hydrogens is 365 g/mol. The Labute approximate surface area is 161 Å². The molecule has 2 N–H and O–H groups in total. The molecule has 0 aliphatic carbocycles. The van der Waals surface area contributed by atoms with E-state index in [-0.39, 0.29) is 18.3 Å². The van der Waals surface area contributed by atoms with Gasteiger partial charge in [0.1, 0.15) is 5.82 Å². The second-order valence-corrected chi connectivity index (χ2v) is 5.65. The summed E-state index contributed by atoms with van der Waals surface area (Å²) in [6.07, 6.45) is 1.46. The zero-order valence-electron chi connectivity index (χ0n) is 15.7. The van der Waals surface area contributed by atoms with Gasteiger partial charge < -0.3 is 24.8 Å². The monoisotopic (exact) mass is 385 g/mol. The lowest BCUT2D eigenvalue weighted by molar-refractivity contribution is 0.324. The minimum Gasteiger partial charge on any atom is -0.493 e. The second kappa shape index (κ2) is 8.85. The lowest BCUT2D eigenvalue weighted by Gasteiger charge is -2.14. The first kappa shape index (κ1) is 19.2. The van der Waals surface area contributed by atoms with Gasteiger partial charge in [0.2, 0.25) is 11.7 Å². The van der Waals surface area contributed by atoms with Crippen LogP contribution in [0.4, 0.5) is 21.8 Å². The van der Waals surface area contributed by atoms with Crippen molar-refractivity contribution in [3.8, 4) is 17.2 Å². The lowest BCUT2D eigenvalue weighted by atomic mass is 10.2. The Hall–Kier alpha value is -3.62. The number of halogens is 1. The van der Waals surface area contributed by atoms with Gasteiger partial charge in [-0.3, -0.25) is 0 Å². The number of methoxy groups -OCH3 is 3. The Kier molecular flexibility index (Phi) is 6.05. The number of benzene rings is 2. The maximum atomic E-state index is 13.7. The van der Waals surface area contributed by atoms with Crippen LogP contribution >= 0.6 is 0 Å². The highest BCUT2D eigenvalue weighted by Crippen LogP contribution is 2.40. The van der Waals surface area contributed by atoms with Gasteiger partial charge in [0.15, 0.2) is 17.3 Å². The minimum absolute atomic E-state index is 0.257. The molecule has 0 radical (unpaired) electrons. The fraction of sp³-hybridized carbons (Fsp3) is 0.211. The van der Waals surface area contributed by atoms with E-state index >= 15 is 0 Å². The Morgan fingerprint density at radius 1 is 1.00 bits per heavy atom. The summed E-state index contributed by atoms with van der Waals surface area (Å²) in [6, 6.07) is 9.98. The second-order valence-electron chi connectivity index (χ2n) is 5.65. The smallest absolute Gasteiger partial charge is 0.249 e. The highest BCUT2D eigenvalue weighted by Gasteiger charge is 2.14. The maximum Gasteiger partial charge on any atom is 0.249 e. The zero-order chi connectivity index (χ0) is 19.9. The highest BCUT2D eigenvalue weighted by atomic mass is 19.1. The molecule has 28 heavy (non-hydrogen) atoms.